The third-order valence-corrected chi connectivity index (χ3v) is 2.40. The largest absolute Gasteiger partial charge is 0.369 e. The molecule has 0 saturated carbocycles. The zero-order valence-electron chi connectivity index (χ0n) is 7.65. The van der Waals surface area contributed by atoms with Gasteiger partial charge in [-0.3, -0.25) is 4.79 Å². The molecule has 0 aliphatic carbocycles. The SMILES string of the molecule is CS(=O)(=O)CCNc1cc(=O)[nH]cn1. The molecule has 7 heteroatoms. The molecule has 0 aliphatic heterocycles. The maximum atomic E-state index is 10.8. The van der Waals surface area contributed by atoms with Gasteiger partial charge in [-0.1, -0.05) is 0 Å². The van der Waals surface area contributed by atoms with Crippen LogP contribution in [0, 0.1) is 0 Å². The standard InChI is InChI=1S/C7H11N3O3S/c1-14(12,13)3-2-8-6-4-7(11)10-5-9-6/h4-5H,2-3H2,1H3,(H2,8,9,10,11). The number of hydrogen-bond donors (Lipinski definition) is 2. The highest BCUT2D eigenvalue weighted by molar-refractivity contribution is 7.90. The van der Waals surface area contributed by atoms with Crippen LogP contribution in [-0.2, 0) is 9.84 Å². The summed E-state index contributed by atoms with van der Waals surface area (Å²) in [7, 11) is -2.98. The Balaban J connectivity index is 2.51. The highest BCUT2D eigenvalue weighted by atomic mass is 32.2. The van der Waals surface area contributed by atoms with E-state index in [1.54, 1.807) is 0 Å². The number of sulfone groups is 1. The van der Waals surface area contributed by atoms with Crippen LogP contribution in [0.1, 0.15) is 0 Å². The Morgan fingerprint density at radius 3 is 2.86 bits per heavy atom. The average Bonchev–Trinajstić information content (AvgIpc) is 2.01. The highest BCUT2D eigenvalue weighted by Crippen LogP contribution is 1.94. The van der Waals surface area contributed by atoms with E-state index in [0.717, 1.165) is 6.26 Å². The normalized spacial score (nSPS) is 11.2. The number of aromatic nitrogens is 2. The second-order valence-electron chi connectivity index (χ2n) is 2.85. The predicted molar refractivity (Wildman–Crippen MR) is 53.1 cm³/mol. The van der Waals surface area contributed by atoms with E-state index < -0.39 is 9.84 Å². The molecule has 0 amide bonds. The van der Waals surface area contributed by atoms with Crippen molar-refractivity contribution in [1.29, 1.82) is 0 Å². The number of aromatic amines is 1. The first-order chi connectivity index (χ1) is 6.47. The third-order valence-electron chi connectivity index (χ3n) is 1.46. The van der Waals surface area contributed by atoms with Gasteiger partial charge in [0.15, 0.2) is 0 Å². The molecule has 6 nitrogen and oxygen atoms in total. The number of hydrogen-bond acceptors (Lipinski definition) is 5. The van der Waals surface area contributed by atoms with Crippen molar-refractivity contribution >= 4 is 15.7 Å². The first kappa shape index (κ1) is 10.7. The molecule has 1 aromatic heterocycles. The summed E-state index contributed by atoms with van der Waals surface area (Å²) in [6.07, 6.45) is 2.41. The van der Waals surface area contributed by atoms with Gasteiger partial charge in [0.25, 0.3) is 5.56 Å². The van der Waals surface area contributed by atoms with Gasteiger partial charge in [-0.15, -0.1) is 0 Å². The summed E-state index contributed by atoms with van der Waals surface area (Å²) in [5, 5.41) is 2.73. The summed E-state index contributed by atoms with van der Waals surface area (Å²) in [6, 6.07) is 1.27. The lowest BCUT2D eigenvalue weighted by Gasteiger charge is -2.02. The average molecular weight is 217 g/mol. The lowest BCUT2D eigenvalue weighted by atomic mass is 10.5. The van der Waals surface area contributed by atoms with E-state index in [-0.39, 0.29) is 17.9 Å². The summed E-state index contributed by atoms with van der Waals surface area (Å²) >= 11 is 0. The van der Waals surface area contributed by atoms with Crippen LogP contribution in [0.25, 0.3) is 0 Å². The van der Waals surface area contributed by atoms with Gasteiger partial charge in [0, 0.05) is 18.9 Å². The van der Waals surface area contributed by atoms with Crippen LogP contribution in [0.15, 0.2) is 17.2 Å². The topological polar surface area (TPSA) is 91.9 Å². The third kappa shape index (κ3) is 4.04. The van der Waals surface area contributed by atoms with Gasteiger partial charge in [-0.05, 0) is 0 Å². The second-order valence-corrected chi connectivity index (χ2v) is 5.11. The van der Waals surface area contributed by atoms with E-state index in [4.69, 9.17) is 0 Å². The number of nitrogens with one attached hydrogen (secondary N) is 2. The van der Waals surface area contributed by atoms with Crippen molar-refractivity contribution in [3.8, 4) is 0 Å². The molecule has 0 atom stereocenters. The summed E-state index contributed by atoms with van der Waals surface area (Å²) in [4.78, 5) is 16.9. The number of nitrogens with zero attached hydrogens (tertiary/aromatic N) is 1. The molecule has 14 heavy (non-hydrogen) atoms. The molecule has 78 valence electrons. The van der Waals surface area contributed by atoms with Crippen molar-refractivity contribution in [2.24, 2.45) is 0 Å². The molecular weight excluding hydrogens is 206 g/mol. The molecule has 0 saturated heterocycles. The summed E-state index contributed by atoms with van der Waals surface area (Å²) in [5.41, 5.74) is -0.276. The quantitative estimate of drug-likeness (QED) is 0.690. The summed E-state index contributed by atoms with van der Waals surface area (Å²) in [5.74, 6) is 0.388. The lowest BCUT2D eigenvalue weighted by molar-refractivity contribution is 0.602. The van der Waals surface area contributed by atoms with Gasteiger partial charge in [-0.2, -0.15) is 0 Å². The van der Waals surface area contributed by atoms with Crippen LogP contribution in [0.2, 0.25) is 0 Å². The van der Waals surface area contributed by atoms with Crippen molar-refractivity contribution < 1.29 is 8.42 Å². The van der Waals surface area contributed by atoms with E-state index in [2.05, 4.69) is 15.3 Å². The van der Waals surface area contributed by atoms with Gasteiger partial charge >= 0.3 is 0 Å². The van der Waals surface area contributed by atoms with Gasteiger partial charge < -0.3 is 10.3 Å². The Morgan fingerprint density at radius 1 is 1.57 bits per heavy atom. The lowest BCUT2D eigenvalue weighted by Crippen LogP contribution is -2.16. The van der Waals surface area contributed by atoms with Gasteiger partial charge in [0.2, 0.25) is 0 Å². The fourth-order valence-corrected chi connectivity index (χ4v) is 1.30. The van der Waals surface area contributed by atoms with Crippen LogP contribution >= 0.6 is 0 Å². The smallest absolute Gasteiger partial charge is 0.252 e. The molecule has 2 N–H and O–H groups in total. The molecule has 1 aromatic rings. The number of anilines is 1. The zero-order chi connectivity index (χ0) is 10.6. The van der Waals surface area contributed by atoms with Gasteiger partial charge in [0.05, 0.1) is 12.1 Å². The summed E-state index contributed by atoms with van der Waals surface area (Å²) < 4.78 is 21.5. The first-order valence-corrected chi connectivity index (χ1v) is 6.00. The molecule has 0 aliphatic rings. The van der Waals surface area contributed by atoms with Crippen molar-refractivity contribution in [2.75, 3.05) is 23.9 Å². The fraction of sp³-hybridized carbons (Fsp3) is 0.429. The minimum Gasteiger partial charge on any atom is -0.369 e. The van der Waals surface area contributed by atoms with Crippen LogP contribution < -0.4 is 10.9 Å². The monoisotopic (exact) mass is 217 g/mol. The minimum absolute atomic E-state index is 0.0154. The van der Waals surface area contributed by atoms with Crippen LogP contribution in [0.4, 0.5) is 5.82 Å². The van der Waals surface area contributed by atoms with E-state index in [1.165, 1.54) is 12.4 Å². The Kier molecular flexibility index (Phi) is 3.23. The summed E-state index contributed by atoms with van der Waals surface area (Å²) in [6.45, 7) is 0.245. The van der Waals surface area contributed by atoms with Gasteiger partial charge in [0.1, 0.15) is 15.7 Å². The Bertz CT molecular complexity index is 451. The van der Waals surface area contributed by atoms with Crippen molar-refractivity contribution in [2.45, 2.75) is 0 Å². The predicted octanol–water partition coefficient (Wildman–Crippen LogP) is -0.774. The van der Waals surface area contributed by atoms with Crippen LogP contribution in [0.5, 0.6) is 0 Å². The van der Waals surface area contributed by atoms with Crippen molar-refractivity contribution in [3.05, 3.63) is 22.7 Å². The molecule has 0 fully saturated rings. The molecular formula is C7H11N3O3S. The van der Waals surface area contributed by atoms with Crippen LogP contribution in [-0.4, -0.2) is 36.9 Å². The number of rotatable bonds is 4. The van der Waals surface area contributed by atoms with Gasteiger partial charge in [-0.25, -0.2) is 13.4 Å². The maximum Gasteiger partial charge on any atom is 0.252 e. The first-order valence-electron chi connectivity index (χ1n) is 3.94. The Labute approximate surface area is 81.3 Å². The van der Waals surface area contributed by atoms with E-state index in [0.29, 0.717) is 5.82 Å². The molecule has 0 aromatic carbocycles. The van der Waals surface area contributed by atoms with E-state index >= 15 is 0 Å². The van der Waals surface area contributed by atoms with Crippen LogP contribution in [0.3, 0.4) is 0 Å². The number of H-pyrrole nitrogens is 1. The van der Waals surface area contributed by atoms with E-state index in [1.807, 2.05) is 0 Å². The Morgan fingerprint density at radius 2 is 2.29 bits per heavy atom. The highest BCUT2D eigenvalue weighted by Gasteiger charge is 2.01. The maximum absolute atomic E-state index is 10.8. The second kappa shape index (κ2) is 4.23. The molecule has 1 heterocycles. The minimum atomic E-state index is -2.98. The zero-order valence-corrected chi connectivity index (χ0v) is 8.47. The van der Waals surface area contributed by atoms with Crippen molar-refractivity contribution in [1.82, 2.24) is 9.97 Å². The molecule has 0 unspecified atom stereocenters. The molecule has 1 rings (SSSR count). The molecule has 0 spiro atoms. The molecule has 0 bridgehead atoms. The Hall–Kier alpha value is -1.37. The van der Waals surface area contributed by atoms with E-state index in [9.17, 15) is 13.2 Å². The fourth-order valence-electron chi connectivity index (χ4n) is 0.830. The van der Waals surface area contributed by atoms with Crippen molar-refractivity contribution in [3.63, 3.8) is 0 Å². The molecule has 0 radical (unpaired) electrons.